The van der Waals surface area contributed by atoms with Gasteiger partial charge in [-0.3, -0.25) is 4.99 Å². The molecule has 1 aromatic rings. The van der Waals surface area contributed by atoms with Gasteiger partial charge >= 0.3 is 0 Å². The molecule has 1 heterocycles. The fourth-order valence-corrected chi connectivity index (χ4v) is 3.61. The molecule has 128 valence electrons. The number of methoxy groups -OCH3 is 1. The average molecular weight is 337 g/mol. The highest BCUT2D eigenvalue weighted by atomic mass is 32.2. The van der Waals surface area contributed by atoms with Crippen LogP contribution in [0.4, 0.5) is 0 Å². The molecule has 5 nitrogen and oxygen atoms in total. The molecule has 2 N–H and O–H groups in total. The van der Waals surface area contributed by atoms with Gasteiger partial charge in [-0.2, -0.15) is 11.8 Å². The molecular weight excluding hydrogens is 310 g/mol. The summed E-state index contributed by atoms with van der Waals surface area (Å²) >= 11 is 2.04. The molecule has 23 heavy (non-hydrogen) atoms. The van der Waals surface area contributed by atoms with Crippen molar-refractivity contribution in [3.8, 4) is 11.5 Å². The minimum Gasteiger partial charge on any atom is -0.497 e. The first-order valence-corrected chi connectivity index (χ1v) is 9.13. The van der Waals surface area contributed by atoms with Crippen molar-refractivity contribution in [3.05, 3.63) is 24.3 Å². The third-order valence-corrected chi connectivity index (χ3v) is 5.10. The third-order valence-electron chi connectivity index (χ3n) is 3.70. The van der Waals surface area contributed by atoms with Gasteiger partial charge in [0.15, 0.2) is 5.96 Å². The lowest BCUT2D eigenvalue weighted by Gasteiger charge is -2.19. The summed E-state index contributed by atoms with van der Waals surface area (Å²) in [6.45, 7) is 3.71. The zero-order valence-electron chi connectivity index (χ0n) is 14.2. The van der Waals surface area contributed by atoms with Crippen LogP contribution in [-0.4, -0.2) is 50.3 Å². The number of nitrogens with one attached hydrogen (secondary N) is 2. The number of thioether (sulfide) groups is 1. The number of nitrogens with zero attached hydrogens (tertiary/aromatic N) is 1. The number of hydrogen-bond donors (Lipinski definition) is 2. The highest BCUT2D eigenvalue weighted by Gasteiger charge is 2.15. The SMILES string of the molecule is CN=C(NCC(C)Oc1ccc(OC)cc1)NCC1CCCS1. The van der Waals surface area contributed by atoms with Crippen molar-refractivity contribution in [3.63, 3.8) is 0 Å². The molecule has 1 aliphatic rings. The Bertz CT molecular complexity index is 487. The van der Waals surface area contributed by atoms with Gasteiger partial charge in [-0.25, -0.2) is 0 Å². The second kappa shape index (κ2) is 9.55. The molecule has 0 bridgehead atoms. The van der Waals surface area contributed by atoms with Crippen molar-refractivity contribution in [1.29, 1.82) is 0 Å². The first-order valence-electron chi connectivity index (χ1n) is 8.08. The molecule has 6 heteroatoms. The Kier molecular flexibility index (Phi) is 7.39. The molecular formula is C17H27N3O2S. The van der Waals surface area contributed by atoms with Crippen LogP contribution < -0.4 is 20.1 Å². The van der Waals surface area contributed by atoms with Crippen LogP contribution in [0.15, 0.2) is 29.3 Å². The van der Waals surface area contributed by atoms with Gasteiger partial charge in [0.2, 0.25) is 0 Å². The van der Waals surface area contributed by atoms with E-state index in [0.29, 0.717) is 11.8 Å². The third kappa shape index (κ3) is 6.22. The van der Waals surface area contributed by atoms with E-state index >= 15 is 0 Å². The predicted octanol–water partition coefficient (Wildman–Crippen LogP) is 2.52. The Morgan fingerprint density at radius 1 is 1.30 bits per heavy atom. The van der Waals surface area contributed by atoms with Crippen LogP contribution in [-0.2, 0) is 0 Å². The van der Waals surface area contributed by atoms with Gasteiger partial charge < -0.3 is 20.1 Å². The van der Waals surface area contributed by atoms with E-state index in [0.717, 1.165) is 24.0 Å². The minimum atomic E-state index is 0.0443. The van der Waals surface area contributed by atoms with E-state index in [-0.39, 0.29) is 6.10 Å². The Balaban J connectivity index is 1.69. The Hall–Kier alpha value is -1.56. The first kappa shape index (κ1) is 17.8. The smallest absolute Gasteiger partial charge is 0.191 e. The summed E-state index contributed by atoms with van der Waals surface area (Å²) in [7, 11) is 3.46. The van der Waals surface area contributed by atoms with Crippen LogP contribution in [0.5, 0.6) is 11.5 Å². The maximum absolute atomic E-state index is 5.88. The highest BCUT2D eigenvalue weighted by molar-refractivity contribution is 8.00. The zero-order chi connectivity index (χ0) is 16.5. The molecule has 2 unspecified atom stereocenters. The maximum atomic E-state index is 5.88. The number of ether oxygens (including phenoxy) is 2. The Morgan fingerprint density at radius 2 is 2.04 bits per heavy atom. The lowest BCUT2D eigenvalue weighted by Crippen LogP contribution is -2.43. The molecule has 2 rings (SSSR count). The van der Waals surface area contributed by atoms with Gasteiger partial charge in [0.05, 0.1) is 13.7 Å². The van der Waals surface area contributed by atoms with E-state index < -0.39 is 0 Å². The molecule has 1 aromatic carbocycles. The quantitative estimate of drug-likeness (QED) is 0.591. The Morgan fingerprint density at radius 3 is 2.65 bits per heavy atom. The molecule has 0 spiro atoms. The normalized spacial score (nSPS) is 19.3. The Labute approximate surface area is 143 Å². The topological polar surface area (TPSA) is 54.9 Å². The summed E-state index contributed by atoms with van der Waals surface area (Å²) in [5.74, 6) is 3.79. The molecule has 1 fully saturated rings. The molecule has 2 atom stereocenters. The van der Waals surface area contributed by atoms with Crippen LogP contribution in [0.1, 0.15) is 19.8 Å². The summed E-state index contributed by atoms with van der Waals surface area (Å²) in [6.07, 6.45) is 2.67. The molecule has 0 aromatic heterocycles. The van der Waals surface area contributed by atoms with Crippen molar-refractivity contribution < 1.29 is 9.47 Å². The van der Waals surface area contributed by atoms with Gasteiger partial charge in [0, 0.05) is 18.8 Å². The van der Waals surface area contributed by atoms with Gasteiger partial charge in [-0.1, -0.05) is 0 Å². The largest absolute Gasteiger partial charge is 0.497 e. The van der Waals surface area contributed by atoms with Crippen molar-refractivity contribution in [2.45, 2.75) is 31.1 Å². The van der Waals surface area contributed by atoms with E-state index in [2.05, 4.69) is 15.6 Å². The fourth-order valence-electron chi connectivity index (χ4n) is 2.41. The van der Waals surface area contributed by atoms with Crippen LogP contribution in [0.3, 0.4) is 0 Å². The monoisotopic (exact) mass is 337 g/mol. The number of rotatable bonds is 7. The molecule has 1 aliphatic heterocycles. The summed E-state index contributed by atoms with van der Waals surface area (Å²) in [4.78, 5) is 4.26. The zero-order valence-corrected chi connectivity index (χ0v) is 15.0. The predicted molar refractivity (Wildman–Crippen MR) is 97.9 cm³/mol. The van der Waals surface area contributed by atoms with Gasteiger partial charge in [-0.05, 0) is 49.8 Å². The number of benzene rings is 1. The summed E-state index contributed by atoms with van der Waals surface area (Å²) in [5.41, 5.74) is 0. The van der Waals surface area contributed by atoms with E-state index in [9.17, 15) is 0 Å². The van der Waals surface area contributed by atoms with Crippen molar-refractivity contribution in [1.82, 2.24) is 10.6 Å². The summed E-state index contributed by atoms with van der Waals surface area (Å²) < 4.78 is 11.0. The number of guanidine groups is 1. The summed E-state index contributed by atoms with van der Waals surface area (Å²) in [5, 5.41) is 7.42. The standard InChI is InChI=1S/C17H27N3O2S/c1-13(22-15-8-6-14(21-3)7-9-15)11-19-17(18-2)20-12-16-5-4-10-23-16/h6-9,13,16H,4-5,10-12H2,1-3H3,(H2,18,19,20). The van der Waals surface area contributed by atoms with Gasteiger partial charge in [0.1, 0.15) is 17.6 Å². The van der Waals surface area contributed by atoms with E-state index in [1.165, 1.54) is 18.6 Å². The van der Waals surface area contributed by atoms with Crippen LogP contribution >= 0.6 is 11.8 Å². The lowest BCUT2D eigenvalue weighted by molar-refractivity contribution is 0.223. The minimum absolute atomic E-state index is 0.0443. The number of aliphatic imine (C=N–C) groups is 1. The van der Waals surface area contributed by atoms with Crippen LogP contribution in [0.2, 0.25) is 0 Å². The second-order valence-corrected chi connectivity index (χ2v) is 6.98. The van der Waals surface area contributed by atoms with Crippen LogP contribution in [0.25, 0.3) is 0 Å². The molecule has 0 saturated carbocycles. The van der Waals surface area contributed by atoms with Gasteiger partial charge in [-0.15, -0.1) is 0 Å². The summed E-state index contributed by atoms with van der Waals surface area (Å²) in [6, 6.07) is 7.63. The van der Waals surface area contributed by atoms with Gasteiger partial charge in [0.25, 0.3) is 0 Å². The lowest BCUT2D eigenvalue weighted by atomic mass is 10.2. The van der Waals surface area contributed by atoms with Crippen LogP contribution in [0, 0.1) is 0 Å². The maximum Gasteiger partial charge on any atom is 0.191 e. The van der Waals surface area contributed by atoms with Crippen molar-refractivity contribution in [2.75, 3.05) is 33.0 Å². The fraction of sp³-hybridized carbons (Fsp3) is 0.588. The van der Waals surface area contributed by atoms with E-state index in [1.54, 1.807) is 14.2 Å². The van der Waals surface area contributed by atoms with Crippen molar-refractivity contribution in [2.24, 2.45) is 4.99 Å². The number of hydrogen-bond acceptors (Lipinski definition) is 4. The van der Waals surface area contributed by atoms with E-state index in [1.807, 2.05) is 43.0 Å². The first-order chi connectivity index (χ1) is 11.2. The molecule has 0 radical (unpaired) electrons. The molecule has 1 saturated heterocycles. The highest BCUT2D eigenvalue weighted by Crippen LogP contribution is 2.25. The molecule has 0 aliphatic carbocycles. The average Bonchev–Trinajstić information content (AvgIpc) is 3.09. The van der Waals surface area contributed by atoms with E-state index in [4.69, 9.17) is 9.47 Å². The second-order valence-electron chi connectivity index (χ2n) is 5.57. The van der Waals surface area contributed by atoms with Crippen molar-refractivity contribution >= 4 is 17.7 Å². The molecule has 0 amide bonds.